The molecule has 0 unspecified atom stereocenters. The number of amides is 2. The Labute approximate surface area is 132 Å². The molecule has 0 aromatic heterocycles. The number of Topliss-reactive ketones (excluding diaryl/α,β-unsaturated/α-hetero) is 1. The molecule has 0 aliphatic carbocycles. The third kappa shape index (κ3) is 8.72. The van der Waals surface area contributed by atoms with Crippen LogP contribution < -0.4 is 5.32 Å². The van der Waals surface area contributed by atoms with E-state index in [-0.39, 0.29) is 30.4 Å². The van der Waals surface area contributed by atoms with E-state index in [1.807, 2.05) is 19.0 Å². The maximum absolute atomic E-state index is 12.2. The minimum atomic E-state index is -0.741. The van der Waals surface area contributed by atoms with Crippen molar-refractivity contribution >= 4 is 30.2 Å². The lowest BCUT2D eigenvalue weighted by Gasteiger charge is -2.26. The zero-order chi connectivity index (χ0) is 16.4. The highest BCUT2D eigenvalue weighted by atomic mass is 32.1. The topological polar surface area (TPSA) is 69.7 Å². The molecule has 0 aromatic rings. The summed E-state index contributed by atoms with van der Waals surface area (Å²) in [7, 11) is 5.48. The van der Waals surface area contributed by atoms with Gasteiger partial charge in [-0.2, -0.15) is 12.6 Å². The second kappa shape index (κ2) is 10.6. The number of hydrogen-bond acceptors (Lipinski definition) is 5. The molecule has 0 radical (unpaired) electrons. The molecule has 0 rings (SSSR count). The zero-order valence-corrected chi connectivity index (χ0v) is 14.3. The molecule has 21 heavy (non-hydrogen) atoms. The van der Waals surface area contributed by atoms with Crippen LogP contribution in [0.3, 0.4) is 0 Å². The Morgan fingerprint density at radius 3 is 2.29 bits per heavy atom. The molecule has 0 fully saturated rings. The first kappa shape index (κ1) is 19.9. The SMILES string of the molecule is CC(=O)C[C@@H](C(=O)NCCCN(C)C)N(C)C(=O)CCS. The second-order valence-electron chi connectivity index (χ2n) is 5.35. The van der Waals surface area contributed by atoms with Gasteiger partial charge in [-0.05, 0) is 39.7 Å². The standard InChI is InChI=1S/C14H27N3O3S/c1-11(18)10-12(17(4)13(19)6-9-21)14(20)15-7-5-8-16(2)3/h12,21H,5-10H2,1-4H3,(H,15,20)/t12-/m0/s1. The molecule has 0 saturated carbocycles. The second-order valence-corrected chi connectivity index (χ2v) is 5.80. The Morgan fingerprint density at radius 1 is 1.19 bits per heavy atom. The van der Waals surface area contributed by atoms with E-state index >= 15 is 0 Å². The number of hydrogen-bond donors (Lipinski definition) is 2. The quantitative estimate of drug-likeness (QED) is 0.445. The van der Waals surface area contributed by atoms with Crippen LogP contribution in [0, 0.1) is 0 Å². The Morgan fingerprint density at radius 2 is 1.81 bits per heavy atom. The summed E-state index contributed by atoms with van der Waals surface area (Å²) in [6, 6.07) is -0.741. The highest BCUT2D eigenvalue weighted by Crippen LogP contribution is 2.06. The van der Waals surface area contributed by atoms with Gasteiger partial charge in [-0.3, -0.25) is 14.4 Å². The fourth-order valence-corrected chi connectivity index (χ4v) is 2.04. The molecule has 7 heteroatoms. The molecule has 6 nitrogen and oxygen atoms in total. The summed E-state index contributed by atoms with van der Waals surface area (Å²) in [6.45, 7) is 2.81. The van der Waals surface area contributed by atoms with E-state index in [0.717, 1.165) is 13.0 Å². The van der Waals surface area contributed by atoms with Gasteiger partial charge in [-0.25, -0.2) is 0 Å². The molecule has 1 N–H and O–H groups in total. The van der Waals surface area contributed by atoms with E-state index in [9.17, 15) is 14.4 Å². The van der Waals surface area contributed by atoms with Gasteiger partial charge in [0.15, 0.2) is 0 Å². The summed E-state index contributed by atoms with van der Waals surface area (Å²) in [4.78, 5) is 38.8. The van der Waals surface area contributed by atoms with Crippen molar-refractivity contribution in [1.82, 2.24) is 15.1 Å². The van der Waals surface area contributed by atoms with Crippen molar-refractivity contribution in [3.05, 3.63) is 0 Å². The van der Waals surface area contributed by atoms with Gasteiger partial charge in [-0.1, -0.05) is 0 Å². The first-order valence-electron chi connectivity index (χ1n) is 7.08. The number of carbonyl (C=O) groups is 3. The Hall–Kier alpha value is -1.08. The van der Waals surface area contributed by atoms with E-state index in [1.54, 1.807) is 7.05 Å². The molecule has 0 aromatic carbocycles. The van der Waals surface area contributed by atoms with Gasteiger partial charge >= 0.3 is 0 Å². The summed E-state index contributed by atoms with van der Waals surface area (Å²) in [5.74, 6) is -0.159. The van der Waals surface area contributed by atoms with Crippen LogP contribution in [0.2, 0.25) is 0 Å². The van der Waals surface area contributed by atoms with Crippen molar-refractivity contribution in [2.45, 2.75) is 32.2 Å². The molecule has 0 aliphatic heterocycles. The molecular formula is C14H27N3O3S. The van der Waals surface area contributed by atoms with E-state index in [4.69, 9.17) is 0 Å². The summed E-state index contributed by atoms with van der Waals surface area (Å²) in [5, 5.41) is 2.79. The average Bonchev–Trinajstić information content (AvgIpc) is 2.39. The minimum absolute atomic E-state index is 0.0360. The molecule has 122 valence electrons. The lowest BCUT2D eigenvalue weighted by atomic mass is 10.1. The third-order valence-electron chi connectivity index (χ3n) is 3.05. The molecule has 0 spiro atoms. The smallest absolute Gasteiger partial charge is 0.243 e. The van der Waals surface area contributed by atoms with Crippen LogP contribution >= 0.6 is 12.6 Å². The number of rotatable bonds is 10. The van der Waals surface area contributed by atoms with Gasteiger partial charge < -0.3 is 15.1 Å². The zero-order valence-electron chi connectivity index (χ0n) is 13.4. The van der Waals surface area contributed by atoms with Crippen molar-refractivity contribution in [3.8, 4) is 0 Å². The predicted molar refractivity (Wildman–Crippen MR) is 86.5 cm³/mol. The van der Waals surface area contributed by atoms with Gasteiger partial charge in [0.25, 0.3) is 0 Å². The normalized spacial score (nSPS) is 12.1. The first-order chi connectivity index (χ1) is 9.79. The van der Waals surface area contributed by atoms with Gasteiger partial charge in [0.2, 0.25) is 11.8 Å². The van der Waals surface area contributed by atoms with Crippen molar-refractivity contribution in [2.24, 2.45) is 0 Å². The van der Waals surface area contributed by atoms with Crippen LogP contribution in [0.25, 0.3) is 0 Å². The Bertz CT molecular complexity index is 361. The van der Waals surface area contributed by atoms with Crippen molar-refractivity contribution in [1.29, 1.82) is 0 Å². The van der Waals surface area contributed by atoms with Crippen LogP contribution in [0.15, 0.2) is 0 Å². The maximum Gasteiger partial charge on any atom is 0.243 e. The first-order valence-corrected chi connectivity index (χ1v) is 7.71. The van der Waals surface area contributed by atoms with E-state index < -0.39 is 6.04 Å². The molecule has 1 atom stereocenters. The lowest BCUT2D eigenvalue weighted by molar-refractivity contribution is -0.140. The number of nitrogens with zero attached hydrogens (tertiary/aromatic N) is 2. The fourth-order valence-electron chi connectivity index (χ4n) is 1.85. The predicted octanol–water partition coefficient (Wildman–Crippen LogP) is 0.180. The fraction of sp³-hybridized carbons (Fsp3) is 0.786. The van der Waals surface area contributed by atoms with Gasteiger partial charge in [-0.15, -0.1) is 0 Å². The number of carbonyl (C=O) groups excluding carboxylic acids is 3. The summed E-state index contributed by atoms with van der Waals surface area (Å²) >= 11 is 4.01. The molecule has 0 saturated heterocycles. The molecule has 0 heterocycles. The largest absolute Gasteiger partial charge is 0.354 e. The molecular weight excluding hydrogens is 290 g/mol. The van der Waals surface area contributed by atoms with E-state index in [0.29, 0.717) is 12.3 Å². The Kier molecular flexibility index (Phi) is 10.1. The van der Waals surface area contributed by atoms with Crippen LogP contribution in [0.5, 0.6) is 0 Å². The van der Waals surface area contributed by atoms with Crippen LogP contribution in [-0.4, -0.2) is 73.4 Å². The highest BCUT2D eigenvalue weighted by Gasteiger charge is 2.27. The van der Waals surface area contributed by atoms with Gasteiger partial charge in [0.05, 0.1) is 0 Å². The average molecular weight is 317 g/mol. The number of likely N-dealkylation sites (N-methyl/N-ethyl adjacent to an activating group) is 1. The van der Waals surface area contributed by atoms with Crippen molar-refractivity contribution in [2.75, 3.05) is 40.0 Å². The maximum atomic E-state index is 12.2. The molecule has 2 amide bonds. The van der Waals surface area contributed by atoms with Gasteiger partial charge in [0, 0.05) is 26.4 Å². The van der Waals surface area contributed by atoms with Crippen LogP contribution in [0.1, 0.15) is 26.2 Å². The van der Waals surface area contributed by atoms with Gasteiger partial charge in [0.1, 0.15) is 11.8 Å². The summed E-state index contributed by atoms with van der Waals surface area (Å²) in [5.41, 5.74) is 0. The van der Waals surface area contributed by atoms with E-state index in [2.05, 4.69) is 17.9 Å². The van der Waals surface area contributed by atoms with Crippen LogP contribution in [0.4, 0.5) is 0 Å². The number of ketones is 1. The number of nitrogens with one attached hydrogen (secondary N) is 1. The molecule has 0 aliphatic rings. The summed E-state index contributed by atoms with van der Waals surface area (Å²) < 4.78 is 0. The highest BCUT2D eigenvalue weighted by molar-refractivity contribution is 7.80. The van der Waals surface area contributed by atoms with Crippen molar-refractivity contribution < 1.29 is 14.4 Å². The van der Waals surface area contributed by atoms with Crippen LogP contribution in [-0.2, 0) is 14.4 Å². The monoisotopic (exact) mass is 317 g/mol. The Balaban J connectivity index is 4.55. The lowest BCUT2D eigenvalue weighted by Crippen LogP contribution is -2.49. The van der Waals surface area contributed by atoms with Crippen molar-refractivity contribution in [3.63, 3.8) is 0 Å². The number of thiol groups is 1. The third-order valence-corrected chi connectivity index (χ3v) is 3.27. The van der Waals surface area contributed by atoms with E-state index in [1.165, 1.54) is 11.8 Å². The summed E-state index contributed by atoms with van der Waals surface area (Å²) in [6.07, 6.45) is 1.11. The molecule has 0 bridgehead atoms. The minimum Gasteiger partial charge on any atom is -0.354 e.